The van der Waals surface area contributed by atoms with E-state index in [1.807, 2.05) is 0 Å². The first-order valence-electron chi connectivity index (χ1n) is 5.77. The average molecular weight is 289 g/mol. The molecule has 0 bridgehead atoms. The van der Waals surface area contributed by atoms with Gasteiger partial charge in [-0.15, -0.1) is 0 Å². The molecule has 100 valence electrons. The van der Waals surface area contributed by atoms with Gasteiger partial charge in [-0.3, -0.25) is 9.78 Å². The Morgan fingerprint density at radius 2 is 2.15 bits per heavy atom. The molecular formula is C14H9ClN2O3. The second-order valence-electron chi connectivity index (χ2n) is 4.06. The highest BCUT2D eigenvalue weighted by atomic mass is 35.5. The standard InChI is InChI=1S/C14H9ClN2O3/c1-19-12-6-9(15)4-8-5-11(20-14(8)12)13(18)10-7-16-2-3-17-10/h2-7H,1H3. The summed E-state index contributed by atoms with van der Waals surface area (Å²) in [6.07, 6.45) is 4.34. The number of methoxy groups -OCH3 is 1. The van der Waals surface area contributed by atoms with Crippen molar-refractivity contribution >= 4 is 28.4 Å². The molecule has 3 aromatic rings. The number of carbonyl (C=O) groups excluding carboxylic acids is 1. The van der Waals surface area contributed by atoms with E-state index < -0.39 is 0 Å². The van der Waals surface area contributed by atoms with Crippen LogP contribution in [0.2, 0.25) is 5.02 Å². The van der Waals surface area contributed by atoms with Crippen molar-refractivity contribution in [1.29, 1.82) is 0 Å². The first-order valence-corrected chi connectivity index (χ1v) is 6.14. The zero-order valence-electron chi connectivity index (χ0n) is 10.5. The van der Waals surface area contributed by atoms with Gasteiger partial charge < -0.3 is 9.15 Å². The van der Waals surface area contributed by atoms with Gasteiger partial charge in [-0.25, -0.2) is 4.98 Å². The van der Waals surface area contributed by atoms with E-state index in [1.165, 1.54) is 25.7 Å². The van der Waals surface area contributed by atoms with Crippen LogP contribution in [0.5, 0.6) is 5.75 Å². The number of ketones is 1. The molecule has 0 aliphatic carbocycles. The lowest BCUT2D eigenvalue weighted by Crippen LogP contribution is -2.02. The molecule has 3 rings (SSSR count). The molecule has 0 atom stereocenters. The maximum Gasteiger partial charge on any atom is 0.248 e. The topological polar surface area (TPSA) is 65.2 Å². The molecule has 6 heteroatoms. The highest BCUT2D eigenvalue weighted by molar-refractivity contribution is 6.31. The summed E-state index contributed by atoms with van der Waals surface area (Å²) in [7, 11) is 1.51. The van der Waals surface area contributed by atoms with E-state index in [4.69, 9.17) is 20.8 Å². The summed E-state index contributed by atoms with van der Waals surface area (Å²) in [5.74, 6) is 0.305. The van der Waals surface area contributed by atoms with Gasteiger partial charge in [0.2, 0.25) is 5.78 Å². The second-order valence-corrected chi connectivity index (χ2v) is 4.49. The summed E-state index contributed by atoms with van der Waals surface area (Å²) in [6.45, 7) is 0. The molecular weight excluding hydrogens is 280 g/mol. The Hall–Kier alpha value is -2.40. The molecule has 0 radical (unpaired) electrons. The summed E-state index contributed by atoms with van der Waals surface area (Å²) in [5, 5.41) is 1.20. The zero-order chi connectivity index (χ0) is 14.1. The first-order chi connectivity index (χ1) is 9.69. The van der Waals surface area contributed by atoms with E-state index in [0.29, 0.717) is 21.7 Å². The number of fused-ring (bicyclic) bond motifs is 1. The third-order valence-electron chi connectivity index (χ3n) is 2.79. The summed E-state index contributed by atoms with van der Waals surface area (Å²) < 4.78 is 10.7. The van der Waals surface area contributed by atoms with Gasteiger partial charge >= 0.3 is 0 Å². The van der Waals surface area contributed by atoms with E-state index in [9.17, 15) is 4.79 Å². The fourth-order valence-corrected chi connectivity index (χ4v) is 2.11. The smallest absolute Gasteiger partial charge is 0.248 e. The van der Waals surface area contributed by atoms with Crippen LogP contribution in [0.4, 0.5) is 0 Å². The lowest BCUT2D eigenvalue weighted by molar-refractivity contribution is 0.101. The minimum atomic E-state index is -0.340. The quantitative estimate of drug-likeness (QED) is 0.693. The maximum absolute atomic E-state index is 12.2. The predicted octanol–water partition coefficient (Wildman–Crippen LogP) is 3.12. The average Bonchev–Trinajstić information content (AvgIpc) is 2.90. The minimum absolute atomic E-state index is 0.168. The van der Waals surface area contributed by atoms with E-state index in [-0.39, 0.29) is 17.2 Å². The molecule has 5 nitrogen and oxygen atoms in total. The molecule has 0 aliphatic heterocycles. The minimum Gasteiger partial charge on any atom is -0.493 e. The summed E-state index contributed by atoms with van der Waals surface area (Å²) in [5.41, 5.74) is 0.695. The summed E-state index contributed by atoms with van der Waals surface area (Å²) in [4.78, 5) is 20.0. The highest BCUT2D eigenvalue weighted by Crippen LogP contribution is 2.32. The van der Waals surface area contributed by atoms with Gasteiger partial charge in [-0.1, -0.05) is 11.6 Å². The Balaban J connectivity index is 2.12. The van der Waals surface area contributed by atoms with Crippen LogP contribution in [0.25, 0.3) is 11.0 Å². The number of hydrogen-bond donors (Lipinski definition) is 0. The van der Waals surface area contributed by atoms with Crippen LogP contribution < -0.4 is 4.74 Å². The van der Waals surface area contributed by atoms with Crippen molar-refractivity contribution in [3.8, 4) is 5.75 Å². The molecule has 2 heterocycles. The summed E-state index contributed by atoms with van der Waals surface area (Å²) in [6, 6.07) is 4.95. The van der Waals surface area contributed by atoms with E-state index in [2.05, 4.69) is 9.97 Å². The summed E-state index contributed by atoms with van der Waals surface area (Å²) >= 11 is 5.98. The number of rotatable bonds is 3. The fraction of sp³-hybridized carbons (Fsp3) is 0.0714. The molecule has 0 fully saturated rings. The second kappa shape index (κ2) is 4.94. The number of carbonyl (C=O) groups is 1. The van der Waals surface area contributed by atoms with Gasteiger partial charge in [0.15, 0.2) is 17.1 Å². The van der Waals surface area contributed by atoms with Crippen molar-refractivity contribution in [2.75, 3.05) is 7.11 Å². The van der Waals surface area contributed by atoms with Gasteiger partial charge in [0.1, 0.15) is 5.69 Å². The Bertz CT molecular complexity index is 784. The lowest BCUT2D eigenvalue weighted by atomic mass is 10.2. The van der Waals surface area contributed by atoms with Crippen LogP contribution in [0, 0.1) is 0 Å². The molecule has 0 saturated carbocycles. The predicted molar refractivity (Wildman–Crippen MR) is 73.2 cm³/mol. The lowest BCUT2D eigenvalue weighted by Gasteiger charge is -2.00. The van der Waals surface area contributed by atoms with Crippen molar-refractivity contribution in [2.45, 2.75) is 0 Å². The van der Waals surface area contributed by atoms with Crippen LogP contribution in [-0.2, 0) is 0 Å². The Kier molecular flexibility index (Phi) is 3.12. The number of furan rings is 1. The number of hydrogen-bond acceptors (Lipinski definition) is 5. The Morgan fingerprint density at radius 1 is 1.30 bits per heavy atom. The number of nitrogens with zero attached hydrogens (tertiary/aromatic N) is 2. The Labute approximate surface area is 119 Å². The van der Waals surface area contributed by atoms with E-state index >= 15 is 0 Å². The van der Waals surface area contributed by atoms with Crippen molar-refractivity contribution in [3.05, 3.63) is 53.3 Å². The van der Waals surface area contributed by atoms with Crippen LogP contribution in [-0.4, -0.2) is 22.9 Å². The SMILES string of the molecule is COc1cc(Cl)cc2cc(C(=O)c3cnccn3)oc12. The van der Waals surface area contributed by atoms with Crippen LogP contribution in [0.15, 0.2) is 41.2 Å². The van der Waals surface area contributed by atoms with Crippen LogP contribution in [0.3, 0.4) is 0 Å². The third kappa shape index (κ3) is 2.12. The maximum atomic E-state index is 12.2. The molecule has 0 amide bonds. The van der Waals surface area contributed by atoms with Crippen molar-refractivity contribution < 1.29 is 13.9 Å². The molecule has 0 unspecified atom stereocenters. The van der Waals surface area contributed by atoms with Crippen LogP contribution >= 0.6 is 11.6 Å². The normalized spacial score (nSPS) is 10.7. The van der Waals surface area contributed by atoms with Gasteiger partial charge in [-0.05, 0) is 12.1 Å². The molecule has 0 saturated heterocycles. The van der Waals surface area contributed by atoms with Crippen molar-refractivity contribution in [3.63, 3.8) is 0 Å². The van der Waals surface area contributed by atoms with Gasteiger partial charge in [-0.2, -0.15) is 0 Å². The third-order valence-corrected chi connectivity index (χ3v) is 3.00. The molecule has 0 spiro atoms. The largest absolute Gasteiger partial charge is 0.493 e. The molecule has 0 N–H and O–H groups in total. The van der Waals surface area contributed by atoms with E-state index in [0.717, 1.165) is 0 Å². The molecule has 20 heavy (non-hydrogen) atoms. The number of aromatic nitrogens is 2. The zero-order valence-corrected chi connectivity index (χ0v) is 11.2. The van der Waals surface area contributed by atoms with Gasteiger partial charge in [0.25, 0.3) is 0 Å². The van der Waals surface area contributed by atoms with E-state index in [1.54, 1.807) is 18.2 Å². The molecule has 2 aromatic heterocycles. The van der Waals surface area contributed by atoms with Gasteiger partial charge in [0, 0.05) is 28.9 Å². The van der Waals surface area contributed by atoms with Crippen molar-refractivity contribution in [2.24, 2.45) is 0 Å². The molecule has 0 aliphatic rings. The number of benzene rings is 1. The first kappa shape index (κ1) is 12.6. The highest BCUT2D eigenvalue weighted by Gasteiger charge is 2.18. The van der Waals surface area contributed by atoms with Gasteiger partial charge in [0.05, 0.1) is 13.3 Å². The number of halogens is 1. The van der Waals surface area contributed by atoms with Crippen molar-refractivity contribution in [1.82, 2.24) is 9.97 Å². The number of ether oxygens (including phenoxy) is 1. The fourth-order valence-electron chi connectivity index (χ4n) is 1.89. The molecule has 1 aromatic carbocycles. The monoisotopic (exact) mass is 288 g/mol. The Morgan fingerprint density at radius 3 is 2.85 bits per heavy atom. The van der Waals surface area contributed by atoms with Crippen LogP contribution in [0.1, 0.15) is 16.2 Å².